The van der Waals surface area contributed by atoms with E-state index in [1.807, 2.05) is 41.3 Å². The van der Waals surface area contributed by atoms with Crippen LogP contribution in [0.15, 0.2) is 66.5 Å². The van der Waals surface area contributed by atoms with Gasteiger partial charge in [-0.3, -0.25) is 14.8 Å². The highest BCUT2D eigenvalue weighted by Crippen LogP contribution is 2.20. The van der Waals surface area contributed by atoms with Crippen LogP contribution in [0.2, 0.25) is 0 Å². The second kappa shape index (κ2) is 9.84. The molecule has 3 aromatic rings. The molecule has 1 atom stereocenters. The van der Waals surface area contributed by atoms with Crippen molar-refractivity contribution in [2.75, 3.05) is 26.7 Å². The maximum Gasteiger partial charge on any atom is 0.254 e. The van der Waals surface area contributed by atoms with Gasteiger partial charge < -0.3 is 9.80 Å². The fourth-order valence-electron chi connectivity index (χ4n) is 4.36. The van der Waals surface area contributed by atoms with Crippen LogP contribution >= 0.6 is 0 Å². The third-order valence-corrected chi connectivity index (χ3v) is 6.06. The summed E-state index contributed by atoms with van der Waals surface area (Å²) < 4.78 is 0. The first-order valence-corrected chi connectivity index (χ1v) is 11.0. The van der Waals surface area contributed by atoms with Crippen molar-refractivity contribution in [3.63, 3.8) is 0 Å². The number of nitrogens with zero attached hydrogens (tertiary/aromatic N) is 4. The molecule has 1 unspecified atom stereocenters. The number of benzene rings is 2. The summed E-state index contributed by atoms with van der Waals surface area (Å²) in [7, 11) is 2.19. The number of hydrogen-bond acceptors (Lipinski definition) is 4. The monoisotopic (exact) mass is 414 g/mol. The van der Waals surface area contributed by atoms with Gasteiger partial charge in [0, 0.05) is 37.1 Å². The van der Waals surface area contributed by atoms with E-state index in [0.717, 1.165) is 36.1 Å². The highest BCUT2D eigenvalue weighted by atomic mass is 16.2. The van der Waals surface area contributed by atoms with Gasteiger partial charge in [-0.1, -0.05) is 42.0 Å². The molecule has 0 bridgehead atoms. The van der Waals surface area contributed by atoms with Crippen LogP contribution in [0, 0.1) is 0 Å². The normalized spacial score (nSPS) is 17.2. The third kappa shape index (κ3) is 5.36. The molecule has 1 aliphatic heterocycles. The largest absolute Gasteiger partial charge is 0.335 e. The number of fused-ring (bicyclic) bond motifs is 1. The molecule has 1 saturated heterocycles. The zero-order valence-electron chi connectivity index (χ0n) is 18.4. The van der Waals surface area contributed by atoms with E-state index in [9.17, 15) is 4.79 Å². The van der Waals surface area contributed by atoms with Gasteiger partial charge in [-0.25, -0.2) is 0 Å². The van der Waals surface area contributed by atoms with Gasteiger partial charge in [0.1, 0.15) is 0 Å². The molecule has 160 valence electrons. The van der Waals surface area contributed by atoms with Crippen LogP contribution in [0.1, 0.15) is 42.1 Å². The zero-order chi connectivity index (χ0) is 21.6. The summed E-state index contributed by atoms with van der Waals surface area (Å²) in [5, 5.41) is 0. The fourth-order valence-corrected chi connectivity index (χ4v) is 4.36. The molecule has 31 heavy (non-hydrogen) atoms. The SMILES string of the molecule is C/C(=C\c1ccccc1)CN(CCC1CCCN1C)C(=O)c1ccc2nccnc2c1. The van der Waals surface area contributed by atoms with E-state index in [1.54, 1.807) is 12.4 Å². The summed E-state index contributed by atoms with van der Waals surface area (Å²) in [5.74, 6) is 0.0500. The van der Waals surface area contributed by atoms with E-state index >= 15 is 0 Å². The van der Waals surface area contributed by atoms with Gasteiger partial charge in [-0.15, -0.1) is 0 Å². The fraction of sp³-hybridized carbons (Fsp3) is 0.346. The summed E-state index contributed by atoms with van der Waals surface area (Å²) >= 11 is 0. The Hall–Kier alpha value is -3.05. The lowest BCUT2D eigenvalue weighted by Crippen LogP contribution is -2.37. The summed E-state index contributed by atoms with van der Waals surface area (Å²) in [4.78, 5) is 26.6. The molecule has 1 aromatic heterocycles. The van der Waals surface area contributed by atoms with Crippen molar-refractivity contribution in [1.82, 2.24) is 19.8 Å². The molecule has 0 radical (unpaired) electrons. The summed E-state index contributed by atoms with van der Waals surface area (Å²) in [6.45, 7) is 4.60. The number of hydrogen-bond donors (Lipinski definition) is 0. The second-order valence-electron chi connectivity index (χ2n) is 8.45. The zero-order valence-corrected chi connectivity index (χ0v) is 18.4. The number of carbonyl (C=O) groups is 1. The molecule has 0 saturated carbocycles. The van der Waals surface area contributed by atoms with Crippen LogP contribution in [0.25, 0.3) is 17.1 Å². The molecular formula is C26H30N4O. The number of carbonyl (C=O) groups excluding carboxylic acids is 1. The second-order valence-corrected chi connectivity index (χ2v) is 8.45. The minimum atomic E-state index is 0.0500. The van der Waals surface area contributed by atoms with Crippen LogP contribution in [-0.2, 0) is 0 Å². The maximum absolute atomic E-state index is 13.5. The van der Waals surface area contributed by atoms with Gasteiger partial charge in [0.05, 0.1) is 11.0 Å². The highest BCUT2D eigenvalue weighted by Gasteiger charge is 2.23. The van der Waals surface area contributed by atoms with Crippen molar-refractivity contribution in [1.29, 1.82) is 0 Å². The molecular weight excluding hydrogens is 384 g/mol. The van der Waals surface area contributed by atoms with Crippen molar-refractivity contribution in [3.05, 3.63) is 77.6 Å². The van der Waals surface area contributed by atoms with E-state index in [0.29, 0.717) is 18.2 Å². The van der Waals surface area contributed by atoms with Crippen LogP contribution < -0.4 is 0 Å². The van der Waals surface area contributed by atoms with Crippen LogP contribution in [0.5, 0.6) is 0 Å². The Balaban J connectivity index is 1.55. The van der Waals surface area contributed by atoms with Crippen LogP contribution in [0.3, 0.4) is 0 Å². The van der Waals surface area contributed by atoms with Crippen molar-refractivity contribution in [3.8, 4) is 0 Å². The molecule has 2 aromatic carbocycles. The van der Waals surface area contributed by atoms with Crippen LogP contribution in [0.4, 0.5) is 0 Å². The lowest BCUT2D eigenvalue weighted by Gasteiger charge is -2.27. The van der Waals surface area contributed by atoms with Crippen molar-refractivity contribution in [2.45, 2.75) is 32.2 Å². The number of rotatable bonds is 7. The topological polar surface area (TPSA) is 49.3 Å². The first kappa shape index (κ1) is 21.2. The Morgan fingerprint density at radius 1 is 1.13 bits per heavy atom. The third-order valence-electron chi connectivity index (χ3n) is 6.06. The quantitative estimate of drug-likeness (QED) is 0.564. The Bertz CT molecular complexity index is 1060. The van der Waals surface area contributed by atoms with Crippen molar-refractivity contribution in [2.24, 2.45) is 0 Å². The molecule has 5 nitrogen and oxygen atoms in total. The molecule has 4 rings (SSSR count). The van der Waals surface area contributed by atoms with Gasteiger partial charge >= 0.3 is 0 Å². The molecule has 1 fully saturated rings. The maximum atomic E-state index is 13.5. The van der Waals surface area contributed by atoms with Gasteiger partial charge in [-0.05, 0) is 63.5 Å². The predicted octanol–water partition coefficient (Wildman–Crippen LogP) is 4.66. The molecule has 5 heteroatoms. The molecule has 1 aliphatic rings. The van der Waals surface area contributed by atoms with Gasteiger partial charge in [0.25, 0.3) is 5.91 Å². The molecule has 0 aliphatic carbocycles. The average molecular weight is 415 g/mol. The minimum absolute atomic E-state index is 0.0500. The summed E-state index contributed by atoms with van der Waals surface area (Å²) in [6, 6.07) is 16.4. The highest BCUT2D eigenvalue weighted by molar-refractivity contribution is 5.97. The van der Waals surface area contributed by atoms with Crippen molar-refractivity contribution < 1.29 is 4.79 Å². The van der Waals surface area contributed by atoms with E-state index in [4.69, 9.17) is 0 Å². The Morgan fingerprint density at radius 2 is 1.90 bits per heavy atom. The Kier molecular flexibility index (Phi) is 6.73. The van der Waals surface area contributed by atoms with Crippen LogP contribution in [-0.4, -0.2) is 58.4 Å². The molecule has 1 amide bonds. The number of likely N-dealkylation sites (tertiary alicyclic amines) is 1. The number of aromatic nitrogens is 2. The number of amides is 1. The van der Waals surface area contributed by atoms with Gasteiger partial charge in [0.15, 0.2) is 0 Å². The van der Waals surface area contributed by atoms with Crippen molar-refractivity contribution >= 4 is 23.0 Å². The standard InChI is InChI=1S/C26H30N4O/c1-20(17-21-7-4-3-5-8-21)19-30(16-12-23-9-6-15-29(23)2)26(31)22-10-11-24-25(18-22)28-14-13-27-24/h3-5,7-8,10-11,13-14,17-18,23H,6,9,12,15-16,19H2,1-2H3/b20-17+. The van der Waals surface area contributed by atoms with Gasteiger partial charge in [0.2, 0.25) is 0 Å². The minimum Gasteiger partial charge on any atom is -0.335 e. The average Bonchev–Trinajstić information content (AvgIpc) is 3.21. The lowest BCUT2D eigenvalue weighted by atomic mass is 10.1. The van der Waals surface area contributed by atoms with E-state index in [-0.39, 0.29) is 5.91 Å². The Labute approximate surface area is 184 Å². The first-order valence-electron chi connectivity index (χ1n) is 11.0. The molecule has 2 heterocycles. The van der Waals surface area contributed by atoms with Gasteiger partial charge in [-0.2, -0.15) is 0 Å². The lowest BCUT2D eigenvalue weighted by molar-refractivity contribution is 0.0758. The van der Waals surface area contributed by atoms with E-state index < -0.39 is 0 Å². The molecule has 0 N–H and O–H groups in total. The van der Waals surface area contributed by atoms with E-state index in [1.165, 1.54) is 18.4 Å². The Morgan fingerprint density at radius 3 is 2.65 bits per heavy atom. The summed E-state index contributed by atoms with van der Waals surface area (Å²) in [6.07, 6.45) is 8.94. The predicted molar refractivity (Wildman–Crippen MR) is 126 cm³/mol. The first-order chi connectivity index (χ1) is 15.1. The summed E-state index contributed by atoms with van der Waals surface area (Å²) in [5.41, 5.74) is 4.54. The van der Waals surface area contributed by atoms with E-state index in [2.05, 4.69) is 47.0 Å². The molecule has 0 spiro atoms. The smallest absolute Gasteiger partial charge is 0.254 e.